The van der Waals surface area contributed by atoms with Gasteiger partial charge >= 0.3 is 0 Å². The Morgan fingerprint density at radius 1 is 1.32 bits per heavy atom. The first-order valence-corrected chi connectivity index (χ1v) is 6.34. The van der Waals surface area contributed by atoms with Crippen LogP contribution in [0.4, 0.5) is 15.9 Å². The van der Waals surface area contributed by atoms with Gasteiger partial charge in [0.1, 0.15) is 5.82 Å². The van der Waals surface area contributed by atoms with Gasteiger partial charge in [-0.3, -0.25) is 9.59 Å². The number of nitrogens with two attached hydrogens (primary N) is 1. The summed E-state index contributed by atoms with van der Waals surface area (Å²) in [4.78, 5) is 32.7. The maximum Gasteiger partial charge on any atom is 0.276 e. The molecular weight excluding hydrogens is 289 g/mol. The van der Waals surface area contributed by atoms with Crippen LogP contribution in [0, 0.1) is 5.82 Å². The lowest BCUT2D eigenvalue weighted by Crippen LogP contribution is -2.35. The van der Waals surface area contributed by atoms with E-state index < -0.39 is 17.6 Å². The van der Waals surface area contributed by atoms with Gasteiger partial charge in [-0.1, -0.05) is 6.07 Å². The normalized spacial score (nSPS) is 10.1. The minimum Gasteiger partial charge on any atom is -0.382 e. The molecule has 0 aliphatic rings. The second-order valence-corrected chi connectivity index (χ2v) is 4.51. The van der Waals surface area contributed by atoms with E-state index in [1.54, 1.807) is 6.07 Å². The monoisotopic (exact) mass is 303 g/mol. The van der Waals surface area contributed by atoms with Gasteiger partial charge in [0.25, 0.3) is 5.91 Å². The molecule has 0 aliphatic carbocycles. The number of likely N-dealkylation sites (N-methyl/N-ethyl adjacent to an activating group) is 1. The predicted octanol–water partition coefficient (Wildman–Crippen LogP) is 0.909. The topological polar surface area (TPSA) is 101 Å². The molecular formula is C14H14FN5O2. The molecule has 3 N–H and O–H groups in total. The molecule has 114 valence electrons. The lowest BCUT2D eigenvalue weighted by molar-refractivity contribution is -0.116. The smallest absolute Gasteiger partial charge is 0.276 e. The highest BCUT2D eigenvalue weighted by molar-refractivity contribution is 6.00. The molecule has 1 aromatic heterocycles. The Labute approximate surface area is 126 Å². The van der Waals surface area contributed by atoms with Crippen LogP contribution < -0.4 is 11.1 Å². The summed E-state index contributed by atoms with van der Waals surface area (Å²) in [5.74, 6) is -1.47. The first-order chi connectivity index (χ1) is 10.5. The molecule has 8 heteroatoms. The number of halogens is 1. The summed E-state index contributed by atoms with van der Waals surface area (Å²) in [6, 6.07) is 5.46. The average Bonchev–Trinajstić information content (AvgIpc) is 2.46. The number of hydrogen-bond acceptors (Lipinski definition) is 5. The summed E-state index contributed by atoms with van der Waals surface area (Å²) in [5.41, 5.74) is 5.85. The predicted molar refractivity (Wildman–Crippen MR) is 78.4 cm³/mol. The number of hydrogen-bond donors (Lipinski definition) is 2. The van der Waals surface area contributed by atoms with E-state index in [0.29, 0.717) is 5.69 Å². The number of benzene rings is 1. The van der Waals surface area contributed by atoms with Crippen LogP contribution in [-0.4, -0.2) is 40.3 Å². The van der Waals surface area contributed by atoms with Gasteiger partial charge < -0.3 is 16.0 Å². The number of nitrogens with zero attached hydrogens (tertiary/aromatic N) is 3. The van der Waals surface area contributed by atoms with Gasteiger partial charge in [0, 0.05) is 25.1 Å². The highest BCUT2D eigenvalue weighted by Crippen LogP contribution is 2.10. The van der Waals surface area contributed by atoms with Crippen LogP contribution >= 0.6 is 0 Å². The molecule has 0 fully saturated rings. The van der Waals surface area contributed by atoms with Crippen molar-refractivity contribution in [3.05, 3.63) is 48.2 Å². The molecule has 22 heavy (non-hydrogen) atoms. The SMILES string of the molecule is CN(CC(=O)Nc1cccc(F)c1)C(=O)c1nccnc1N. The third kappa shape index (κ3) is 3.75. The Balaban J connectivity index is 1.99. The molecule has 2 rings (SSSR count). The fourth-order valence-electron chi connectivity index (χ4n) is 1.75. The number of aromatic nitrogens is 2. The van der Waals surface area contributed by atoms with E-state index in [1.165, 1.54) is 37.6 Å². The highest BCUT2D eigenvalue weighted by atomic mass is 19.1. The van der Waals surface area contributed by atoms with E-state index >= 15 is 0 Å². The Morgan fingerprint density at radius 2 is 2.05 bits per heavy atom. The number of nitrogens with one attached hydrogen (secondary N) is 1. The van der Waals surface area contributed by atoms with Crippen molar-refractivity contribution in [3.8, 4) is 0 Å². The lowest BCUT2D eigenvalue weighted by Gasteiger charge is -2.16. The van der Waals surface area contributed by atoms with Crippen LogP contribution in [0.3, 0.4) is 0 Å². The summed E-state index contributed by atoms with van der Waals surface area (Å²) in [5, 5.41) is 2.49. The highest BCUT2D eigenvalue weighted by Gasteiger charge is 2.19. The number of carbonyl (C=O) groups is 2. The van der Waals surface area contributed by atoms with Crippen molar-refractivity contribution in [1.29, 1.82) is 0 Å². The van der Waals surface area contributed by atoms with E-state index in [1.807, 2.05) is 0 Å². The number of amides is 2. The average molecular weight is 303 g/mol. The molecule has 0 saturated heterocycles. The van der Waals surface area contributed by atoms with Gasteiger partial charge in [-0.05, 0) is 18.2 Å². The molecule has 7 nitrogen and oxygen atoms in total. The van der Waals surface area contributed by atoms with E-state index in [-0.39, 0.29) is 18.1 Å². The first kappa shape index (κ1) is 15.4. The Kier molecular flexibility index (Phi) is 4.62. The van der Waals surface area contributed by atoms with Crippen molar-refractivity contribution in [2.45, 2.75) is 0 Å². The molecule has 0 saturated carbocycles. The van der Waals surface area contributed by atoms with Crippen molar-refractivity contribution < 1.29 is 14.0 Å². The molecule has 0 atom stereocenters. The van der Waals surface area contributed by atoms with Crippen LogP contribution in [0.25, 0.3) is 0 Å². The van der Waals surface area contributed by atoms with Gasteiger partial charge in [-0.25, -0.2) is 14.4 Å². The zero-order chi connectivity index (χ0) is 16.1. The molecule has 0 radical (unpaired) electrons. The third-order valence-corrected chi connectivity index (χ3v) is 2.76. The maximum absolute atomic E-state index is 13.0. The van der Waals surface area contributed by atoms with Crippen LogP contribution in [0.5, 0.6) is 0 Å². The molecule has 2 amide bonds. The van der Waals surface area contributed by atoms with Crippen LogP contribution in [0.15, 0.2) is 36.7 Å². The fraction of sp³-hybridized carbons (Fsp3) is 0.143. The van der Waals surface area contributed by atoms with E-state index in [2.05, 4.69) is 15.3 Å². The van der Waals surface area contributed by atoms with Gasteiger partial charge in [0.05, 0.1) is 6.54 Å². The molecule has 0 unspecified atom stereocenters. The number of rotatable bonds is 4. The second-order valence-electron chi connectivity index (χ2n) is 4.51. The quantitative estimate of drug-likeness (QED) is 0.874. The molecule has 0 aliphatic heterocycles. The summed E-state index contributed by atoms with van der Waals surface area (Å²) in [6.07, 6.45) is 2.70. The van der Waals surface area contributed by atoms with Crippen molar-refractivity contribution in [2.75, 3.05) is 24.6 Å². The Hall–Kier alpha value is -3.03. The van der Waals surface area contributed by atoms with Gasteiger partial charge in [0.15, 0.2) is 11.5 Å². The summed E-state index contributed by atoms with van der Waals surface area (Å²) >= 11 is 0. The van der Waals surface area contributed by atoms with Crippen LogP contribution in [-0.2, 0) is 4.79 Å². The van der Waals surface area contributed by atoms with Gasteiger partial charge in [-0.15, -0.1) is 0 Å². The molecule has 1 heterocycles. The van der Waals surface area contributed by atoms with Crippen LogP contribution in [0.1, 0.15) is 10.5 Å². The zero-order valence-electron chi connectivity index (χ0n) is 11.8. The minimum absolute atomic E-state index is 0.00936. The molecule has 0 spiro atoms. The van der Waals surface area contributed by atoms with Gasteiger partial charge in [0.2, 0.25) is 5.91 Å². The maximum atomic E-state index is 13.0. The molecule has 0 bridgehead atoms. The zero-order valence-corrected chi connectivity index (χ0v) is 11.8. The summed E-state index contributed by atoms with van der Waals surface area (Å²) in [6.45, 7) is -0.231. The van der Waals surface area contributed by atoms with E-state index in [0.717, 1.165) is 4.90 Å². The molecule has 2 aromatic rings. The van der Waals surface area contributed by atoms with Crippen LogP contribution in [0.2, 0.25) is 0 Å². The van der Waals surface area contributed by atoms with Crippen molar-refractivity contribution >= 4 is 23.3 Å². The minimum atomic E-state index is -0.528. The van der Waals surface area contributed by atoms with Crippen molar-refractivity contribution in [1.82, 2.24) is 14.9 Å². The number of nitrogen functional groups attached to an aromatic ring is 1. The number of carbonyl (C=O) groups excluding carboxylic acids is 2. The largest absolute Gasteiger partial charge is 0.382 e. The summed E-state index contributed by atoms with van der Waals surface area (Å²) in [7, 11) is 1.43. The van der Waals surface area contributed by atoms with Crippen molar-refractivity contribution in [3.63, 3.8) is 0 Å². The van der Waals surface area contributed by atoms with Gasteiger partial charge in [-0.2, -0.15) is 0 Å². The first-order valence-electron chi connectivity index (χ1n) is 6.34. The fourth-order valence-corrected chi connectivity index (χ4v) is 1.75. The van der Waals surface area contributed by atoms with Crippen molar-refractivity contribution in [2.24, 2.45) is 0 Å². The lowest BCUT2D eigenvalue weighted by atomic mass is 10.3. The standard InChI is InChI=1S/C14H14FN5O2/c1-20(14(22)12-13(16)18-6-5-17-12)8-11(21)19-10-4-2-3-9(15)7-10/h2-7H,8H2,1H3,(H2,16,18)(H,19,21). The summed E-state index contributed by atoms with van der Waals surface area (Å²) < 4.78 is 13.0. The number of anilines is 2. The molecule has 1 aromatic carbocycles. The third-order valence-electron chi connectivity index (χ3n) is 2.76. The second kappa shape index (κ2) is 6.61. The Bertz CT molecular complexity index is 707. The Morgan fingerprint density at radius 3 is 2.73 bits per heavy atom. The van der Waals surface area contributed by atoms with E-state index in [9.17, 15) is 14.0 Å². The van der Waals surface area contributed by atoms with E-state index in [4.69, 9.17) is 5.73 Å².